The van der Waals surface area contributed by atoms with Crippen molar-refractivity contribution in [2.24, 2.45) is 5.92 Å². The zero-order valence-electron chi connectivity index (χ0n) is 14.3. The number of anilines is 1. The molecule has 5 nitrogen and oxygen atoms in total. The van der Waals surface area contributed by atoms with E-state index >= 15 is 0 Å². The van der Waals surface area contributed by atoms with Gasteiger partial charge in [-0.25, -0.2) is 8.42 Å². The van der Waals surface area contributed by atoms with E-state index in [0.29, 0.717) is 36.7 Å². The van der Waals surface area contributed by atoms with Gasteiger partial charge in [-0.2, -0.15) is 0 Å². The topological polar surface area (TPSA) is 57.7 Å². The van der Waals surface area contributed by atoms with Gasteiger partial charge in [0.25, 0.3) is 5.91 Å². The molecule has 0 aliphatic carbocycles. The molecule has 0 aromatic heterocycles. The van der Waals surface area contributed by atoms with E-state index < -0.39 is 10.0 Å². The van der Waals surface area contributed by atoms with Crippen molar-refractivity contribution in [1.29, 1.82) is 0 Å². The Hall–Kier alpha value is -1.56. The second-order valence-electron chi connectivity index (χ2n) is 6.37. The van der Waals surface area contributed by atoms with Gasteiger partial charge < -0.3 is 4.90 Å². The Morgan fingerprint density at radius 3 is 2.52 bits per heavy atom. The molecule has 1 saturated heterocycles. The lowest BCUT2D eigenvalue weighted by Gasteiger charge is -2.31. The molecule has 1 aromatic carbocycles. The molecular formula is C17H26N2O3S. The average molecular weight is 338 g/mol. The van der Waals surface area contributed by atoms with Crippen LogP contribution < -0.4 is 4.31 Å². The summed E-state index contributed by atoms with van der Waals surface area (Å²) in [5, 5.41) is 0. The van der Waals surface area contributed by atoms with E-state index in [-0.39, 0.29) is 17.7 Å². The van der Waals surface area contributed by atoms with Gasteiger partial charge in [0, 0.05) is 24.7 Å². The van der Waals surface area contributed by atoms with Crippen LogP contribution in [0.15, 0.2) is 24.3 Å². The van der Waals surface area contributed by atoms with Gasteiger partial charge in [-0.3, -0.25) is 9.10 Å². The minimum Gasteiger partial charge on any atom is -0.336 e. The van der Waals surface area contributed by atoms with E-state index in [2.05, 4.69) is 13.8 Å². The molecule has 0 unspecified atom stereocenters. The van der Waals surface area contributed by atoms with Crippen molar-refractivity contribution in [3.05, 3.63) is 29.8 Å². The highest BCUT2D eigenvalue weighted by molar-refractivity contribution is 7.93. The summed E-state index contributed by atoms with van der Waals surface area (Å²) in [6, 6.07) is 7.09. The smallest absolute Gasteiger partial charge is 0.254 e. The van der Waals surface area contributed by atoms with E-state index in [0.717, 1.165) is 0 Å². The van der Waals surface area contributed by atoms with Crippen molar-refractivity contribution in [2.75, 3.05) is 23.1 Å². The maximum absolute atomic E-state index is 12.8. The number of hydrogen-bond acceptors (Lipinski definition) is 3. The number of amides is 1. The molecule has 1 aliphatic heterocycles. The largest absolute Gasteiger partial charge is 0.336 e. The van der Waals surface area contributed by atoms with Crippen LogP contribution in [0, 0.1) is 5.92 Å². The molecule has 0 saturated carbocycles. The van der Waals surface area contributed by atoms with E-state index in [1.807, 2.05) is 18.7 Å². The molecule has 1 atom stereocenters. The molecule has 2 rings (SSSR count). The summed E-state index contributed by atoms with van der Waals surface area (Å²) in [6.45, 7) is 9.30. The Morgan fingerprint density at radius 1 is 1.30 bits per heavy atom. The number of carbonyl (C=O) groups is 1. The van der Waals surface area contributed by atoms with Gasteiger partial charge in [-0.05, 0) is 44.4 Å². The highest BCUT2D eigenvalue weighted by Gasteiger charge is 2.29. The zero-order valence-corrected chi connectivity index (χ0v) is 15.1. The third kappa shape index (κ3) is 3.68. The molecule has 0 N–H and O–H groups in total. The monoisotopic (exact) mass is 338 g/mol. The Morgan fingerprint density at radius 2 is 2.00 bits per heavy atom. The van der Waals surface area contributed by atoms with Crippen LogP contribution in [0.5, 0.6) is 0 Å². The highest BCUT2D eigenvalue weighted by Crippen LogP contribution is 2.25. The fraction of sp³-hybridized carbons (Fsp3) is 0.588. The van der Waals surface area contributed by atoms with Crippen molar-refractivity contribution in [2.45, 2.75) is 40.2 Å². The molecule has 6 heteroatoms. The number of rotatable bonds is 5. The number of nitrogens with zero attached hydrogens (tertiary/aromatic N) is 2. The molecule has 0 radical (unpaired) electrons. The number of hydrogen-bond donors (Lipinski definition) is 0. The van der Waals surface area contributed by atoms with Crippen molar-refractivity contribution in [3.63, 3.8) is 0 Å². The zero-order chi connectivity index (χ0) is 17.2. The summed E-state index contributed by atoms with van der Waals surface area (Å²) in [6.07, 6.45) is 0.631. The Labute approximate surface area is 139 Å². The first kappa shape index (κ1) is 17.8. The lowest BCUT2D eigenvalue weighted by Crippen LogP contribution is -2.41. The average Bonchev–Trinajstić information content (AvgIpc) is 2.87. The molecule has 0 spiro atoms. The normalized spacial score (nSPS) is 18.2. The van der Waals surface area contributed by atoms with Crippen molar-refractivity contribution in [3.8, 4) is 0 Å². The molecule has 1 aromatic rings. The second-order valence-corrected chi connectivity index (χ2v) is 8.38. The van der Waals surface area contributed by atoms with Crippen LogP contribution in [-0.2, 0) is 10.0 Å². The van der Waals surface area contributed by atoms with E-state index in [4.69, 9.17) is 0 Å². The number of sulfonamides is 1. The van der Waals surface area contributed by atoms with Crippen LogP contribution in [0.3, 0.4) is 0 Å². The SMILES string of the molecule is CCN(C(=O)c1cccc(N2CCCS2(=O)=O)c1)[C@H](C)C(C)C. The van der Waals surface area contributed by atoms with Gasteiger partial charge in [0.15, 0.2) is 0 Å². The summed E-state index contributed by atoms with van der Waals surface area (Å²) >= 11 is 0. The van der Waals surface area contributed by atoms with E-state index in [1.54, 1.807) is 24.3 Å². The molecule has 128 valence electrons. The second kappa shape index (κ2) is 6.91. The molecule has 1 amide bonds. The third-order valence-corrected chi connectivity index (χ3v) is 6.41. The summed E-state index contributed by atoms with van der Waals surface area (Å²) in [7, 11) is -3.23. The predicted molar refractivity (Wildman–Crippen MR) is 93.2 cm³/mol. The van der Waals surface area contributed by atoms with Crippen LogP contribution in [0.2, 0.25) is 0 Å². The minimum absolute atomic E-state index is 0.0489. The summed E-state index contributed by atoms with van der Waals surface area (Å²) in [5.74, 6) is 0.490. The molecule has 1 aliphatic rings. The standard InChI is InChI=1S/C17H26N2O3S/c1-5-18(14(4)13(2)3)17(20)15-8-6-9-16(12-15)19-10-7-11-23(19,21)22/h6,8-9,12-14H,5,7,10-11H2,1-4H3/t14-/m1/s1. The predicted octanol–water partition coefficient (Wildman–Crippen LogP) is 2.73. The summed E-state index contributed by atoms with van der Waals surface area (Å²) in [4.78, 5) is 14.6. The minimum atomic E-state index is -3.23. The molecular weight excluding hydrogens is 312 g/mol. The maximum Gasteiger partial charge on any atom is 0.254 e. The van der Waals surface area contributed by atoms with Gasteiger partial charge in [0.2, 0.25) is 10.0 Å². The number of benzene rings is 1. The van der Waals surface area contributed by atoms with Crippen molar-refractivity contribution < 1.29 is 13.2 Å². The van der Waals surface area contributed by atoms with E-state index in [9.17, 15) is 13.2 Å². The molecule has 23 heavy (non-hydrogen) atoms. The fourth-order valence-electron chi connectivity index (χ4n) is 2.87. The fourth-order valence-corrected chi connectivity index (χ4v) is 4.42. The van der Waals surface area contributed by atoms with Gasteiger partial charge in [0.1, 0.15) is 0 Å². The van der Waals surface area contributed by atoms with Crippen molar-refractivity contribution in [1.82, 2.24) is 4.90 Å². The first-order valence-corrected chi connectivity index (χ1v) is 9.80. The van der Waals surface area contributed by atoms with Crippen LogP contribution in [0.4, 0.5) is 5.69 Å². The highest BCUT2D eigenvalue weighted by atomic mass is 32.2. The Bertz CT molecular complexity index is 670. The van der Waals surface area contributed by atoms with Gasteiger partial charge in [-0.15, -0.1) is 0 Å². The molecule has 1 heterocycles. The molecule has 0 bridgehead atoms. The van der Waals surface area contributed by atoms with Gasteiger partial charge in [0.05, 0.1) is 11.4 Å². The molecule has 1 fully saturated rings. The van der Waals surface area contributed by atoms with Crippen LogP contribution >= 0.6 is 0 Å². The van der Waals surface area contributed by atoms with Gasteiger partial charge in [-0.1, -0.05) is 19.9 Å². The van der Waals surface area contributed by atoms with Crippen LogP contribution in [0.25, 0.3) is 0 Å². The van der Waals surface area contributed by atoms with Crippen LogP contribution in [0.1, 0.15) is 44.5 Å². The Balaban J connectivity index is 2.30. The third-order valence-electron chi connectivity index (χ3n) is 4.54. The van der Waals surface area contributed by atoms with Crippen LogP contribution in [-0.4, -0.2) is 44.1 Å². The van der Waals surface area contributed by atoms with Gasteiger partial charge >= 0.3 is 0 Å². The first-order chi connectivity index (χ1) is 10.8. The Kier molecular flexibility index (Phi) is 5.34. The lowest BCUT2D eigenvalue weighted by atomic mass is 10.0. The maximum atomic E-state index is 12.8. The quantitative estimate of drug-likeness (QED) is 0.829. The van der Waals surface area contributed by atoms with E-state index in [1.165, 1.54) is 4.31 Å². The first-order valence-electron chi connectivity index (χ1n) is 8.19. The number of carbonyl (C=O) groups excluding carboxylic acids is 1. The summed E-state index contributed by atoms with van der Waals surface area (Å²) < 4.78 is 25.5. The van der Waals surface area contributed by atoms with Crippen molar-refractivity contribution >= 4 is 21.6 Å². The summed E-state index contributed by atoms with van der Waals surface area (Å²) in [5.41, 5.74) is 1.13. The lowest BCUT2D eigenvalue weighted by molar-refractivity contribution is 0.0660.